The Bertz CT molecular complexity index is 1120. The maximum absolute atomic E-state index is 15.0. The van der Waals surface area contributed by atoms with E-state index in [1.807, 2.05) is 6.92 Å². The zero-order chi connectivity index (χ0) is 22.3. The molecule has 10 nitrogen and oxygen atoms in total. The number of hydrogen-bond donors (Lipinski definition) is 3. The van der Waals surface area contributed by atoms with Gasteiger partial charge in [-0.15, -0.1) is 0 Å². The third-order valence-corrected chi connectivity index (χ3v) is 5.80. The van der Waals surface area contributed by atoms with Crippen molar-refractivity contribution in [3.8, 4) is 5.75 Å². The molecule has 4 N–H and O–H groups in total. The average Bonchev–Trinajstić information content (AvgIpc) is 3.50. The summed E-state index contributed by atoms with van der Waals surface area (Å²) in [6.45, 7) is 3.34. The summed E-state index contributed by atoms with van der Waals surface area (Å²) in [5.74, 6) is -1.16. The molecule has 0 aromatic carbocycles. The van der Waals surface area contributed by atoms with Gasteiger partial charge >= 0.3 is 6.16 Å². The van der Waals surface area contributed by atoms with Crippen LogP contribution in [0.3, 0.4) is 0 Å². The van der Waals surface area contributed by atoms with Gasteiger partial charge in [-0.05, 0) is 25.3 Å². The molecule has 1 atom stereocenters. The number of nitrogens with two attached hydrogens (primary N) is 1. The van der Waals surface area contributed by atoms with Crippen molar-refractivity contribution in [3.05, 3.63) is 28.3 Å². The first-order chi connectivity index (χ1) is 14.7. The number of carbonyl (C=O) groups is 2. The van der Waals surface area contributed by atoms with Gasteiger partial charge in [-0.25, -0.2) is 14.2 Å². The van der Waals surface area contributed by atoms with Gasteiger partial charge in [0.05, 0.1) is 18.1 Å². The van der Waals surface area contributed by atoms with E-state index >= 15 is 4.39 Å². The van der Waals surface area contributed by atoms with Crippen LogP contribution < -0.4 is 26.1 Å². The zero-order valence-corrected chi connectivity index (χ0v) is 17.1. The van der Waals surface area contributed by atoms with Gasteiger partial charge in [0.15, 0.2) is 17.4 Å². The molecule has 1 unspecified atom stereocenters. The quantitative estimate of drug-likeness (QED) is 0.578. The summed E-state index contributed by atoms with van der Waals surface area (Å²) in [6, 6.07) is 1.15. The lowest BCUT2D eigenvalue weighted by Crippen LogP contribution is -2.40. The van der Waals surface area contributed by atoms with Gasteiger partial charge in [-0.3, -0.25) is 9.59 Å². The average molecular weight is 433 g/mol. The maximum Gasteiger partial charge on any atom is 0.511 e. The number of anilines is 1. The van der Waals surface area contributed by atoms with E-state index in [-0.39, 0.29) is 40.9 Å². The van der Waals surface area contributed by atoms with Gasteiger partial charge in [-0.1, -0.05) is 6.92 Å². The Morgan fingerprint density at radius 1 is 1.45 bits per heavy atom. The number of carboxylic acid groups (broad SMARTS) is 1. The van der Waals surface area contributed by atoms with Crippen LogP contribution in [0.2, 0.25) is 0 Å². The van der Waals surface area contributed by atoms with Crippen LogP contribution in [0.4, 0.5) is 15.0 Å². The number of nitrogens with one attached hydrogen (secondary N) is 1. The fourth-order valence-electron chi connectivity index (χ4n) is 3.97. The SMILES string of the molecule is CC1(CNC(=O)CN)CCN(c2nc3c(cc2F)c(=O)c(OC(=O)O)cn3C2CC2)C1. The highest BCUT2D eigenvalue weighted by molar-refractivity contribution is 5.80. The fourth-order valence-corrected chi connectivity index (χ4v) is 3.97. The third-order valence-electron chi connectivity index (χ3n) is 5.80. The van der Waals surface area contributed by atoms with Crippen LogP contribution in [-0.2, 0) is 4.79 Å². The molecule has 166 valence electrons. The minimum atomic E-state index is -1.61. The number of pyridine rings is 2. The smallest absolute Gasteiger partial charge is 0.449 e. The molecule has 2 aromatic rings. The van der Waals surface area contributed by atoms with Crippen LogP contribution in [0, 0.1) is 11.2 Å². The summed E-state index contributed by atoms with van der Waals surface area (Å²) in [6.07, 6.45) is 2.14. The Morgan fingerprint density at radius 3 is 2.84 bits per heavy atom. The third kappa shape index (κ3) is 4.18. The molecular weight excluding hydrogens is 409 g/mol. The summed E-state index contributed by atoms with van der Waals surface area (Å²) >= 11 is 0. The minimum absolute atomic E-state index is 0.0240. The Kier molecular flexibility index (Phi) is 5.29. The van der Waals surface area contributed by atoms with E-state index in [0.29, 0.717) is 25.3 Å². The van der Waals surface area contributed by atoms with Crippen LogP contribution in [0.15, 0.2) is 17.1 Å². The maximum atomic E-state index is 15.0. The topological polar surface area (TPSA) is 140 Å². The van der Waals surface area contributed by atoms with E-state index in [1.165, 1.54) is 6.20 Å². The molecule has 1 aliphatic carbocycles. The molecule has 3 heterocycles. The molecule has 0 bridgehead atoms. The normalized spacial score (nSPS) is 20.8. The van der Waals surface area contributed by atoms with Crippen LogP contribution in [0.5, 0.6) is 5.75 Å². The Balaban J connectivity index is 1.69. The monoisotopic (exact) mass is 433 g/mol. The number of amides is 1. The molecule has 31 heavy (non-hydrogen) atoms. The molecule has 1 amide bonds. The van der Waals surface area contributed by atoms with Crippen LogP contribution in [0.25, 0.3) is 11.0 Å². The molecule has 11 heteroatoms. The molecule has 0 spiro atoms. The predicted octanol–water partition coefficient (Wildman–Crippen LogP) is 1.22. The number of carbonyl (C=O) groups excluding carboxylic acids is 1. The Hall–Kier alpha value is -3.21. The van der Waals surface area contributed by atoms with Crippen molar-refractivity contribution in [1.29, 1.82) is 0 Å². The number of rotatable bonds is 6. The zero-order valence-electron chi connectivity index (χ0n) is 17.1. The van der Waals surface area contributed by atoms with Gasteiger partial charge in [0, 0.05) is 31.1 Å². The second-order valence-corrected chi connectivity index (χ2v) is 8.46. The lowest BCUT2D eigenvalue weighted by atomic mass is 9.90. The van der Waals surface area contributed by atoms with Crippen molar-refractivity contribution in [2.75, 3.05) is 31.1 Å². The van der Waals surface area contributed by atoms with Crippen molar-refractivity contribution in [3.63, 3.8) is 0 Å². The number of ether oxygens (including phenoxy) is 1. The highest BCUT2D eigenvalue weighted by Gasteiger charge is 2.36. The standard InChI is InChI=1S/C20H24FN5O5/c1-20(9-23-15(27)7-22)4-5-25(10-20)18-13(21)6-12-16(28)14(31-19(29)30)8-26(11-2-3-11)17(12)24-18/h6,8,11H,2-5,7,9-10,22H2,1H3,(H,23,27)(H,29,30). The number of hydrogen-bond acceptors (Lipinski definition) is 7. The van der Waals surface area contributed by atoms with Crippen molar-refractivity contribution in [2.45, 2.75) is 32.2 Å². The van der Waals surface area contributed by atoms with E-state index in [9.17, 15) is 14.4 Å². The highest BCUT2D eigenvalue weighted by Crippen LogP contribution is 2.39. The van der Waals surface area contributed by atoms with Gasteiger partial charge < -0.3 is 30.4 Å². The minimum Gasteiger partial charge on any atom is -0.449 e. The molecule has 0 radical (unpaired) electrons. The first kappa shape index (κ1) is 21.0. The molecule has 1 aliphatic heterocycles. The summed E-state index contributed by atoms with van der Waals surface area (Å²) < 4.78 is 21.3. The molecule has 2 aromatic heterocycles. The van der Waals surface area contributed by atoms with E-state index in [1.54, 1.807) is 9.47 Å². The van der Waals surface area contributed by atoms with Crippen LogP contribution in [0.1, 0.15) is 32.2 Å². The van der Waals surface area contributed by atoms with Gasteiger partial charge in [0.25, 0.3) is 0 Å². The van der Waals surface area contributed by atoms with Crippen molar-refractivity contribution >= 4 is 28.9 Å². The summed E-state index contributed by atoms with van der Waals surface area (Å²) in [5.41, 5.74) is 4.64. The Morgan fingerprint density at radius 2 is 2.19 bits per heavy atom. The molecular formula is C20H24FN5O5. The van der Waals surface area contributed by atoms with E-state index in [2.05, 4.69) is 15.0 Å². The predicted molar refractivity (Wildman–Crippen MR) is 110 cm³/mol. The van der Waals surface area contributed by atoms with Crippen LogP contribution in [-0.4, -0.2) is 52.9 Å². The first-order valence-electron chi connectivity index (χ1n) is 10.1. The van der Waals surface area contributed by atoms with Crippen molar-refractivity contribution < 1.29 is 23.8 Å². The molecule has 4 rings (SSSR count). The molecule has 1 saturated heterocycles. The molecule has 2 aliphatic rings. The second-order valence-electron chi connectivity index (χ2n) is 8.46. The first-order valence-corrected chi connectivity index (χ1v) is 10.1. The van der Waals surface area contributed by atoms with Gasteiger partial charge in [0.1, 0.15) is 5.65 Å². The largest absolute Gasteiger partial charge is 0.511 e. The summed E-state index contributed by atoms with van der Waals surface area (Å²) in [5, 5.41) is 11.7. The van der Waals surface area contributed by atoms with Crippen molar-refractivity contribution in [2.24, 2.45) is 11.1 Å². The number of fused-ring (bicyclic) bond motifs is 1. The highest BCUT2D eigenvalue weighted by atomic mass is 19.1. The van der Waals surface area contributed by atoms with E-state index in [0.717, 1.165) is 25.3 Å². The number of aromatic nitrogens is 2. The lowest BCUT2D eigenvalue weighted by Gasteiger charge is -2.25. The Labute approximate surface area is 176 Å². The second kappa shape index (κ2) is 7.80. The van der Waals surface area contributed by atoms with Gasteiger partial charge in [-0.2, -0.15) is 0 Å². The number of halogens is 1. The summed E-state index contributed by atoms with van der Waals surface area (Å²) in [4.78, 5) is 41.3. The lowest BCUT2D eigenvalue weighted by molar-refractivity contribution is -0.120. The van der Waals surface area contributed by atoms with Crippen LogP contribution >= 0.6 is 0 Å². The van der Waals surface area contributed by atoms with Gasteiger partial charge in [0.2, 0.25) is 11.3 Å². The summed E-state index contributed by atoms with van der Waals surface area (Å²) in [7, 11) is 0. The van der Waals surface area contributed by atoms with Crippen molar-refractivity contribution in [1.82, 2.24) is 14.9 Å². The van der Waals surface area contributed by atoms with E-state index < -0.39 is 17.4 Å². The fraction of sp³-hybridized carbons (Fsp3) is 0.500. The molecule has 1 saturated carbocycles. The van der Waals surface area contributed by atoms with E-state index in [4.69, 9.17) is 10.8 Å². The molecule has 2 fully saturated rings. The number of nitrogens with zero attached hydrogens (tertiary/aromatic N) is 3.